The highest BCUT2D eigenvalue weighted by molar-refractivity contribution is 6.30. The zero-order valence-electron chi connectivity index (χ0n) is 11.2. The molecule has 21 heavy (non-hydrogen) atoms. The molecule has 1 aliphatic heterocycles. The predicted molar refractivity (Wildman–Crippen MR) is 75.8 cm³/mol. The molecule has 2 heterocycles. The summed E-state index contributed by atoms with van der Waals surface area (Å²) >= 11 is 5.83. The first-order valence-corrected chi connectivity index (χ1v) is 7.06. The highest BCUT2D eigenvalue weighted by atomic mass is 35.5. The molecule has 0 spiro atoms. The molecule has 1 fully saturated rings. The lowest BCUT2D eigenvalue weighted by molar-refractivity contribution is -0.142. The van der Waals surface area contributed by atoms with Crippen LogP contribution in [0.15, 0.2) is 28.8 Å². The molecule has 0 radical (unpaired) electrons. The Morgan fingerprint density at radius 1 is 1.43 bits per heavy atom. The van der Waals surface area contributed by atoms with Crippen LogP contribution in [0.4, 0.5) is 0 Å². The van der Waals surface area contributed by atoms with Crippen molar-refractivity contribution in [1.82, 2.24) is 15.0 Å². The average Bonchev–Trinajstić information content (AvgIpc) is 3.09. The number of benzene rings is 1. The summed E-state index contributed by atoms with van der Waals surface area (Å²) in [5.41, 5.74) is 0.786. The summed E-state index contributed by atoms with van der Waals surface area (Å²) in [5.74, 6) is 0.106. The minimum atomic E-state index is -0.797. The van der Waals surface area contributed by atoms with Gasteiger partial charge in [0, 0.05) is 10.6 Å². The summed E-state index contributed by atoms with van der Waals surface area (Å²) in [6.07, 6.45) is 1.54. The predicted octanol–water partition coefficient (Wildman–Crippen LogP) is 2.44. The van der Waals surface area contributed by atoms with Gasteiger partial charge in [0.05, 0.1) is 6.54 Å². The Labute approximate surface area is 126 Å². The van der Waals surface area contributed by atoms with E-state index in [1.165, 1.54) is 0 Å². The fourth-order valence-corrected chi connectivity index (χ4v) is 2.63. The van der Waals surface area contributed by atoms with Crippen molar-refractivity contribution in [1.29, 1.82) is 0 Å². The van der Waals surface area contributed by atoms with E-state index in [-0.39, 0.29) is 0 Å². The Bertz CT molecular complexity index is 641. The fourth-order valence-electron chi connectivity index (χ4n) is 2.50. The number of carbonyl (C=O) groups is 1. The Morgan fingerprint density at radius 3 is 2.90 bits per heavy atom. The number of carboxylic acids is 1. The number of aromatic nitrogens is 2. The molecule has 6 nitrogen and oxygen atoms in total. The third-order valence-corrected chi connectivity index (χ3v) is 3.80. The lowest BCUT2D eigenvalue weighted by Crippen LogP contribution is -2.35. The third kappa shape index (κ3) is 3.06. The zero-order valence-corrected chi connectivity index (χ0v) is 12.0. The molecule has 2 aromatic rings. The van der Waals surface area contributed by atoms with Crippen LogP contribution in [0, 0.1) is 0 Å². The van der Waals surface area contributed by atoms with Crippen molar-refractivity contribution >= 4 is 17.6 Å². The van der Waals surface area contributed by atoms with Gasteiger partial charge in [-0.1, -0.05) is 16.8 Å². The second-order valence-corrected chi connectivity index (χ2v) is 5.43. The van der Waals surface area contributed by atoms with Crippen molar-refractivity contribution in [3.63, 3.8) is 0 Å². The Hall–Kier alpha value is -1.92. The quantitative estimate of drug-likeness (QED) is 0.934. The first-order valence-electron chi connectivity index (χ1n) is 6.69. The summed E-state index contributed by atoms with van der Waals surface area (Å²) in [6.45, 7) is 1.12. The van der Waals surface area contributed by atoms with Gasteiger partial charge in [-0.2, -0.15) is 4.98 Å². The average molecular weight is 308 g/mol. The van der Waals surface area contributed by atoms with Crippen LogP contribution >= 0.6 is 11.6 Å². The van der Waals surface area contributed by atoms with Crippen molar-refractivity contribution in [3.05, 3.63) is 35.1 Å². The van der Waals surface area contributed by atoms with Crippen LogP contribution in [0.5, 0.6) is 0 Å². The first-order chi connectivity index (χ1) is 10.1. The van der Waals surface area contributed by atoms with E-state index in [1.54, 1.807) is 24.3 Å². The van der Waals surface area contributed by atoms with Crippen molar-refractivity contribution in [3.8, 4) is 11.5 Å². The van der Waals surface area contributed by atoms with Crippen LogP contribution in [0.25, 0.3) is 11.5 Å². The van der Waals surface area contributed by atoms with Crippen molar-refractivity contribution in [2.24, 2.45) is 0 Å². The Morgan fingerprint density at radius 2 is 2.19 bits per heavy atom. The molecule has 0 saturated carbocycles. The molecule has 0 amide bonds. The van der Waals surface area contributed by atoms with Gasteiger partial charge in [0.2, 0.25) is 0 Å². The summed E-state index contributed by atoms with van der Waals surface area (Å²) in [7, 11) is 0. The number of aliphatic carboxylic acids is 1. The summed E-state index contributed by atoms with van der Waals surface area (Å²) in [6, 6.07) is 6.65. The lowest BCUT2D eigenvalue weighted by Gasteiger charge is -2.18. The fraction of sp³-hybridized carbons (Fsp3) is 0.357. The van der Waals surface area contributed by atoms with Gasteiger partial charge in [0.1, 0.15) is 6.04 Å². The molecule has 1 unspecified atom stereocenters. The van der Waals surface area contributed by atoms with Gasteiger partial charge in [0.15, 0.2) is 5.82 Å². The molecule has 1 saturated heterocycles. The highest BCUT2D eigenvalue weighted by Gasteiger charge is 2.31. The Kier molecular flexibility index (Phi) is 3.90. The van der Waals surface area contributed by atoms with Crippen LogP contribution < -0.4 is 0 Å². The number of carboxylic acid groups (broad SMARTS) is 1. The molecule has 0 aliphatic carbocycles. The van der Waals surface area contributed by atoms with Gasteiger partial charge in [-0.05, 0) is 43.7 Å². The van der Waals surface area contributed by atoms with E-state index in [9.17, 15) is 4.79 Å². The van der Waals surface area contributed by atoms with Gasteiger partial charge in [-0.15, -0.1) is 0 Å². The SMILES string of the molecule is O=C(O)C1CCCN1Cc1noc(-c2ccc(Cl)cc2)n1. The smallest absolute Gasteiger partial charge is 0.320 e. The van der Waals surface area contributed by atoms with Gasteiger partial charge in [-0.3, -0.25) is 9.69 Å². The molecular formula is C14H14ClN3O3. The zero-order chi connectivity index (χ0) is 14.8. The molecule has 3 rings (SSSR count). The van der Waals surface area contributed by atoms with E-state index in [0.717, 1.165) is 18.5 Å². The Balaban J connectivity index is 1.73. The topological polar surface area (TPSA) is 79.5 Å². The molecule has 1 aliphatic rings. The molecular weight excluding hydrogens is 294 g/mol. The maximum absolute atomic E-state index is 11.1. The number of hydrogen-bond donors (Lipinski definition) is 1. The van der Waals surface area contributed by atoms with E-state index < -0.39 is 12.0 Å². The second-order valence-electron chi connectivity index (χ2n) is 4.99. The third-order valence-electron chi connectivity index (χ3n) is 3.55. The highest BCUT2D eigenvalue weighted by Crippen LogP contribution is 2.22. The number of nitrogens with zero attached hydrogens (tertiary/aromatic N) is 3. The van der Waals surface area contributed by atoms with Crippen molar-refractivity contribution in [2.75, 3.05) is 6.54 Å². The van der Waals surface area contributed by atoms with Gasteiger partial charge < -0.3 is 9.63 Å². The van der Waals surface area contributed by atoms with E-state index in [4.69, 9.17) is 21.2 Å². The van der Waals surface area contributed by atoms with Crippen LogP contribution in [0.1, 0.15) is 18.7 Å². The van der Waals surface area contributed by atoms with E-state index in [1.807, 2.05) is 4.90 Å². The van der Waals surface area contributed by atoms with Gasteiger partial charge in [0.25, 0.3) is 5.89 Å². The summed E-state index contributed by atoms with van der Waals surface area (Å²) < 4.78 is 5.22. The monoisotopic (exact) mass is 307 g/mol. The maximum atomic E-state index is 11.1. The molecule has 0 bridgehead atoms. The molecule has 7 heteroatoms. The normalized spacial score (nSPS) is 19.0. The minimum Gasteiger partial charge on any atom is -0.480 e. The van der Waals surface area contributed by atoms with Crippen LogP contribution in [0.2, 0.25) is 5.02 Å². The van der Waals surface area contributed by atoms with Crippen LogP contribution in [-0.4, -0.2) is 38.7 Å². The molecule has 1 atom stereocenters. The minimum absolute atomic E-state index is 0.383. The van der Waals surface area contributed by atoms with Crippen molar-refractivity contribution < 1.29 is 14.4 Å². The summed E-state index contributed by atoms with van der Waals surface area (Å²) in [5, 5.41) is 13.7. The molecule has 110 valence electrons. The lowest BCUT2D eigenvalue weighted by atomic mass is 10.2. The van der Waals surface area contributed by atoms with Crippen LogP contribution in [0.3, 0.4) is 0 Å². The second kappa shape index (κ2) is 5.83. The first kappa shape index (κ1) is 14.0. The largest absolute Gasteiger partial charge is 0.480 e. The van der Waals surface area contributed by atoms with Crippen LogP contribution in [-0.2, 0) is 11.3 Å². The van der Waals surface area contributed by atoms with Gasteiger partial charge >= 0.3 is 5.97 Å². The molecule has 1 aromatic heterocycles. The number of rotatable bonds is 4. The van der Waals surface area contributed by atoms with E-state index in [2.05, 4.69) is 10.1 Å². The van der Waals surface area contributed by atoms with E-state index >= 15 is 0 Å². The van der Waals surface area contributed by atoms with E-state index in [0.29, 0.717) is 29.7 Å². The molecule has 1 aromatic carbocycles. The molecule has 1 N–H and O–H groups in total. The number of likely N-dealkylation sites (tertiary alicyclic amines) is 1. The standard InChI is InChI=1S/C14H14ClN3O3/c15-10-5-3-9(4-6-10)13-16-12(17-21-13)8-18-7-1-2-11(18)14(19)20/h3-6,11H,1-2,7-8H2,(H,19,20). The van der Waals surface area contributed by atoms with Gasteiger partial charge in [-0.25, -0.2) is 0 Å². The number of halogens is 1. The maximum Gasteiger partial charge on any atom is 0.320 e. The van der Waals surface area contributed by atoms with Crippen molar-refractivity contribution in [2.45, 2.75) is 25.4 Å². The number of hydrogen-bond acceptors (Lipinski definition) is 5. The summed E-state index contributed by atoms with van der Waals surface area (Å²) in [4.78, 5) is 17.3.